The fourth-order valence-electron chi connectivity index (χ4n) is 5.83. The van der Waals surface area contributed by atoms with E-state index in [0.717, 1.165) is 32.2 Å². The van der Waals surface area contributed by atoms with Crippen LogP contribution in [0.1, 0.15) is 84.0 Å². The summed E-state index contributed by atoms with van der Waals surface area (Å²) in [7, 11) is 0. The summed E-state index contributed by atoms with van der Waals surface area (Å²) in [5.41, 5.74) is 0. The second-order valence-electron chi connectivity index (χ2n) is 8.56. The molecule has 0 spiro atoms. The molecule has 25 heavy (non-hydrogen) atoms. The van der Waals surface area contributed by atoms with Crippen molar-refractivity contribution in [3.8, 4) is 0 Å². The van der Waals surface area contributed by atoms with Gasteiger partial charge in [0, 0.05) is 18.4 Å². The summed E-state index contributed by atoms with van der Waals surface area (Å²) in [6.45, 7) is 3.11. The van der Waals surface area contributed by atoms with Crippen LogP contribution in [0.15, 0.2) is 0 Å². The lowest BCUT2D eigenvalue weighted by Crippen LogP contribution is -2.59. The number of likely N-dealkylation sites (tertiary alicyclic amines) is 1. The van der Waals surface area contributed by atoms with E-state index < -0.39 is 5.97 Å². The SMILES string of the molecule is CCCCCCCCC1C(N2CCC[C@H]2C(=O)O)[C@H]2CC[C@H]1CC2=O. The second kappa shape index (κ2) is 8.66. The molecule has 1 aliphatic heterocycles. The van der Waals surface area contributed by atoms with E-state index in [0.29, 0.717) is 17.6 Å². The number of Topliss-reactive ketones (excluding diaryl/α,β-unsaturated/α-hetero) is 1. The fraction of sp³-hybridized carbons (Fsp3) is 0.905. The molecule has 0 aromatic heterocycles. The molecular weight excluding hydrogens is 314 g/mol. The van der Waals surface area contributed by atoms with Gasteiger partial charge in [0.2, 0.25) is 0 Å². The molecule has 0 radical (unpaired) electrons. The molecule has 4 rings (SSSR count). The van der Waals surface area contributed by atoms with Crippen LogP contribution in [0.2, 0.25) is 0 Å². The lowest BCUT2D eigenvalue weighted by atomic mass is 9.59. The monoisotopic (exact) mass is 349 g/mol. The first-order valence-corrected chi connectivity index (χ1v) is 10.6. The van der Waals surface area contributed by atoms with Crippen LogP contribution < -0.4 is 0 Å². The number of ketones is 1. The van der Waals surface area contributed by atoms with Crippen LogP contribution in [0.3, 0.4) is 0 Å². The number of nitrogens with zero attached hydrogens (tertiary/aromatic N) is 1. The fourth-order valence-corrected chi connectivity index (χ4v) is 5.83. The Morgan fingerprint density at radius 1 is 1.12 bits per heavy atom. The molecule has 1 heterocycles. The molecule has 3 saturated carbocycles. The predicted octanol–water partition coefficient (Wildman–Crippen LogP) is 4.27. The van der Waals surface area contributed by atoms with Crippen LogP contribution in [0.5, 0.6) is 0 Å². The number of unbranched alkanes of at least 4 members (excludes halogenated alkanes) is 5. The molecule has 5 atom stereocenters. The van der Waals surface area contributed by atoms with Gasteiger partial charge in [0.1, 0.15) is 11.8 Å². The Morgan fingerprint density at radius 3 is 2.60 bits per heavy atom. The van der Waals surface area contributed by atoms with E-state index in [2.05, 4.69) is 11.8 Å². The minimum Gasteiger partial charge on any atom is -0.480 e. The first-order chi connectivity index (χ1) is 12.1. The third-order valence-corrected chi connectivity index (χ3v) is 7.04. The summed E-state index contributed by atoms with van der Waals surface area (Å²) in [5.74, 6) is 0.881. The van der Waals surface area contributed by atoms with Crippen LogP contribution in [-0.4, -0.2) is 40.4 Å². The van der Waals surface area contributed by atoms with E-state index in [9.17, 15) is 14.7 Å². The average molecular weight is 350 g/mol. The standard InChI is InChI=1S/C21H35NO3/c1-2-3-4-5-6-7-9-16-15-11-12-17(19(23)14-15)20(16)22-13-8-10-18(22)21(24)25/h15-18,20H,2-14H2,1H3,(H,24,25)/t15-,16?,17-,18-,20?/m0/s1. The van der Waals surface area contributed by atoms with Gasteiger partial charge < -0.3 is 5.11 Å². The van der Waals surface area contributed by atoms with Gasteiger partial charge >= 0.3 is 5.97 Å². The summed E-state index contributed by atoms with van der Waals surface area (Å²) in [6, 6.07) is -0.150. The van der Waals surface area contributed by atoms with E-state index in [1.807, 2.05) is 0 Å². The highest BCUT2D eigenvalue weighted by atomic mass is 16.4. The molecule has 1 saturated heterocycles. The Morgan fingerprint density at radius 2 is 1.88 bits per heavy atom. The maximum Gasteiger partial charge on any atom is 0.320 e. The van der Waals surface area contributed by atoms with Crippen molar-refractivity contribution in [2.24, 2.45) is 17.8 Å². The molecule has 1 N–H and O–H groups in total. The highest BCUT2D eigenvalue weighted by Gasteiger charge is 2.52. The van der Waals surface area contributed by atoms with E-state index in [4.69, 9.17) is 0 Å². The van der Waals surface area contributed by atoms with Crippen molar-refractivity contribution < 1.29 is 14.7 Å². The lowest BCUT2D eigenvalue weighted by Gasteiger charge is -2.52. The van der Waals surface area contributed by atoms with Gasteiger partial charge in [-0.3, -0.25) is 14.5 Å². The van der Waals surface area contributed by atoms with Crippen molar-refractivity contribution >= 4 is 11.8 Å². The topological polar surface area (TPSA) is 57.6 Å². The third-order valence-electron chi connectivity index (χ3n) is 7.04. The van der Waals surface area contributed by atoms with Crippen LogP contribution in [0, 0.1) is 17.8 Å². The summed E-state index contributed by atoms with van der Waals surface area (Å²) < 4.78 is 0. The Bertz CT molecular complexity index is 478. The number of aliphatic carboxylic acids is 1. The van der Waals surface area contributed by atoms with E-state index >= 15 is 0 Å². The molecule has 4 heteroatoms. The molecular formula is C21H35NO3. The Balaban J connectivity index is 1.64. The maximum atomic E-state index is 12.5. The maximum absolute atomic E-state index is 12.5. The smallest absolute Gasteiger partial charge is 0.320 e. The molecule has 0 aromatic carbocycles. The van der Waals surface area contributed by atoms with Crippen LogP contribution in [0.25, 0.3) is 0 Å². The minimum absolute atomic E-state index is 0.107. The molecule has 3 aliphatic carbocycles. The largest absolute Gasteiger partial charge is 0.480 e. The van der Waals surface area contributed by atoms with Gasteiger partial charge in [0.05, 0.1) is 0 Å². The van der Waals surface area contributed by atoms with Crippen LogP contribution in [-0.2, 0) is 9.59 Å². The number of rotatable bonds is 9. The Kier molecular flexibility index (Phi) is 6.54. The summed E-state index contributed by atoms with van der Waals surface area (Å²) >= 11 is 0. The summed E-state index contributed by atoms with van der Waals surface area (Å²) in [6.07, 6.45) is 13.6. The molecule has 4 nitrogen and oxygen atoms in total. The van der Waals surface area contributed by atoms with Crippen molar-refractivity contribution in [2.45, 2.75) is 96.1 Å². The predicted molar refractivity (Wildman–Crippen MR) is 98.5 cm³/mol. The minimum atomic E-state index is -0.690. The number of hydrogen-bond donors (Lipinski definition) is 1. The quantitative estimate of drug-likeness (QED) is 0.632. The Labute approximate surface area is 152 Å². The molecule has 4 aliphatic rings. The first-order valence-electron chi connectivity index (χ1n) is 10.6. The Hall–Kier alpha value is -0.900. The first kappa shape index (κ1) is 18.9. The third kappa shape index (κ3) is 4.10. The number of carbonyl (C=O) groups is 2. The van der Waals surface area contributed by atoms with Crippen molar-refractivity contribution in [3.63, 3.8) is 0 Å². The molecule has 0 amide bonds. The molecule has 2 bridgehead atoms. The van der Waals surface area contributed by atoms with Gasteiger partial charge in [0.15, 0.2) is 0 Å². The van der Waals surface area contributed by atoms with Gasteiger partial charge in [-0.15, -0.1) is 0 Å². The van der Waals surface area contributed by atoms with E-state index in [1.54, 1.807) is 0 Å². The van der Waals surface area contributed by atoms with Crippen molar-refractivity contribution in [1.82, 2.24) is 4.90 Å². The molecule has 0 aromatic rings. The van der Waals surface area contributed by atoms with Crippen molar-refractivity contribution in [2.75, 3.05) is 6.54 Å². The highest BCUT2D eigenvalue weighted by Crippen LogP contribution is 2.48. The zero-order chi connectivity index (χ0) is 17.8. The zero-order valence-corrected chi connectivity index (χ0v) is 15.8. The van der Waals surface area contributed by atoms with E-state index in [-0.39, 0.29) is 18.0 Å². The van der Waals surface area contributed by atoms with Crippen molar-refractivity contribution in [1.29, 1.82) is 0 Å². The molecule has 142 valence electrons. The number of fused-ring (bicyclic) bond motifs is 3. The average Bonchev–Trinajstić information content (AvgIpc) is 3.08. The number of hydrogen-bond acceptors (Lipinski definition) is 3. The second-order valence-corrected chi connectivity index (χ2v) is 8.56. The van der Waals surface area contributed by atoms with Crippen molar-refractivity contribution in [3.05, 3.63) is 0 Å². The number of carboxylic acids is 1. The summed E-state index contributed by atoms with van der Waals surface area (Å²) in [5, 5.41) is 9.61. The molecule has 4 fully saturated rings. The zero-order valence-electron chi connectivity index (χ0n) is 15.8. The van der Waals surface area contributed by atoms with Gasteiger partial charge in [-0.05, 0) is 50.5 Å². The highest BCUT2D eigenvalue weighted by molar-refractivity contribution is 5.84. The van der Waals surface area contributed by atoms with Gasteiger partial charge in [-0.25, -0.2) is 0 Å². The van der Waals surface area contributed by atoms with Gasteiger partial charge in [0.25, 0.3) is 0 Å². The van der Waals surface area contributed by atoms with Crippen LogP contribution in [0.4, 0.5) is 0 Å². The lowest BCUT2D eigenvalue weighted by molar-refractivity contribution is -0.150. The van der Waals surface area contributed by atoms with Gasteiger partial charge in [-0.1, -0.05) is 45.4 Å². The summed E-state index contributed by atoms with van der Waals surface area (Å²) in [4.78, 5) is 26.4. The normalized spacial score (nSPS) is 35.4. The number of carbonyl (C=O) groups excluding carboxylic acids is 1. The van der Waals surface area contributed by atoms with Crippen LogP contribution >= 0.6 is 0 Å². The van der Waals surface area contributed by atoms with E-state index in [1.165, 1.54) is 51.4 Å². The van der Waals surface area contributed by atoms with Gasteiger partial charge in [-0.2, -0.15) is 0 Å². The number of carboxylic acid groups (broad SMARTS) is 1. The molecule has 2 unspecified atom stereocenters.